The quantitative estimate of drug-likeness (QED) is 0.707. The van der Waals surface area contributed by atoms with Crippen molar-refractivity contribution in [2.75, 3.05) is 0 Å². The van der Waals surface area contributed by atoms with Crippen molar-refractivity contribution in [1.82, 2.24) is 20.0 Å². The van der Waals surface area contributed by atoms with Gasteiger partial charge < -0.3 is 5.11 Å². The molecular formula is C8H8N4O. The molecule has 66 valence electrons. The fourth-order valence-electron chi connectivity index (χ4n) is 0.976. The second-order valence-electron chi connectivity index (χ2n) is 2.53. The Kier molecular flexibility index (Phi) is 2.01. The van der Waals surface area contributed by atoms with Crippen LogP contribution in [0.25, 0.3) is 5.82 Å². The molecule has 0 aliphatic carbocycles. The zero-order valence-electron chi connectivity index (χ0n) is 6.83. The van der Waals surface area contributed by atoms with Crippen LogP contribution in [0.3, 0.4) is 0 Å². The molecule has 0 aliphatic heterocycles. The summed E-state index contributed by atoms with van der Waals surface area (Å²) in [5.74, 6) is 0.690. The van der Waals surface area contributed by atoms with Gasteiger partial charge in [0.15, 0.2) is 5.82 Å². The highest BCUT2D eigenvalue weighted by Gasteiger charge is 1.97. The Morgan fingerprint density at radius 2 is 2.31 bits per heavy atom. The molecule has 2 rings (SSSR count). The second kappa shape index (κ2) is 3.32. The van der Waals surface area contributed by atoms with Crippen molar-refractivity contribution < 1.29 is 5.11 Å². The summed E-state index contributed by atoms with van der Waals surface area (Å²) in [7, 11) is 0. The third kappa shape index (κ3) is 1.54. The van der Waals surface area contributed by atoms with Gasteiger partial charge in [-0.3, -0.25) is 0 Å². The summed E-state index contributed by atoms with van der Waals surface area (Å²) in [6, 6.07) is 3.57. The molecule has 0 saturated carbocycles. The minimum atomic E-state index is 0.00460. The van der Waals surface area contributed by atoms with E-state index in [2.05, 4.69) is 15.3 Å². The van der Waals surface area contributed by atoms with Crippen LogP contribution in [-0.2, 0) is 6.61 Å². The molecule has 2 aromatic heterocycles. The van der Waals surface area contributed by atoms with Crippen molar-refractivity contribution in [2.24, 2.45) is 0 Å². The van der Waals surface area contributed by atoms with Gasteiger partial charge in [0.05, 0.1) is 19.0 Å². The van der Waals surface area contributed by atoms with Gasteiger partial charge in [-0.25, -0.2) is 9.67 Å². The molecule has 0 fully saturated rings. The van der Waals surface area contributed by atoms with Crippen molar-refractivity contribution in [3.8, 4) is 5.82 Å². The van der Waals surface area contributed by atoms with E-state index in [9.17, 15) is 0 Å². The lowest BCUT2D eigenvalue weighted by Gasteiger charge is -1.99. The predicted molar refractivity (Wildman–Crippen MR) is 45.1 cm³/mol. The number of nitrogens with zero attached hydrogens (tertiary/aromatic N) is 4. The van der Waals surface area contributed by atoms with Crippen molar-refractivity contribution >= 4 is 0 Å². The van der Waals surface area contributed by atoms with E-state index in [0.717, 1.165) is 5.56 Å². The minimum Gasteiger partial charge on any atom is -0.392 e. The first-order chi connectivity index (χ1) is 6.40. The van der Waals surface area contributed by atoms with E-state index in [1.165, 1.54) is 0 Å². The van der Waals surface area contributed by atoms with Crippen LogP contribution in [0, 0.1) is 0 Å². The first-order valence-corrected chi connectivity index (χ1v) is 3.82. The summed E-state index contributed by atoms with van der Waals surface area (Å²) >= 11 is 0. The number of aliphatic hydroxyl groups excluding tert-OH is 1. The fraction of sp³-hybridized carbons (Fsp3) is 0.125. The van der Waals surface area contributed by atoms with Gasteiger partial charge in [0.1, 0.15) is 0 Å². The van der Waals surface area contributed by atoms with Crippen LogP contribution in [0.1, 0.15) is 5.56 Å². The Morgan fingerprint density at radius 1 is 1.38 bits per heavy atom. The summed E-state index contributed by atoms with van der Waals surface area (Å²) in [6.07, 6.45) is 4.90. The summed E-state index contributed by atoms with van der Waals surface area (Å²) in [5.41, 5.74) is 0.781. The highest BCUT2D eigenvalue weighted by molar-refractivity contribution is 5.23. The van der Waals surface area contributed by atoms with Gasteiger partial charge >= 0.3 is 0 Å². The summed E-state index contributed by atoms with van der Waals surface area (Å²) in [5, 5.41) is 16.2. The molecule has 0 spiro atoms. The Labute approximate surface area is 74.7 Å². The molecule has 0 radical (unpaired) electrons. The van der Waals surface area contributed by atoms with Crippen molar-refractivity contribution in [3.05, 3.63) is 36.3 Å². The lowest BCUT2D eigenvalue weighted by Crippen LogP contribution is -1.98. The van der Waals surface area contributed by atoms with Gasteiger partial charge in [-0.05, 0) is 11.6 Å². The molecule has 2 heterocycles. The van der Waals surface area contributed by atoms with Crippen molar-refractivity contribution in [3.63, 3.8) is 0 Å². The molecule has 0 bridgehead atoms. The van der Waals surface area contributed by atoms with Crippen LogP contribution in [0.5, 0.6) is 0 Å². The summed E-state index contributed by atoms with van der Waals surface area (Å²) < 4.78 is 1.56. The number of rotatable bonds is 2. The molecule has 0 aliphatic rings. The maximum atomic E-state index is 8.78. The highest BCUT2D eigenvalue weighted by Crippen LogP contribution is 2.03. The maximum Gasteiger partial charge on any atom is 0.155 e. The van der Waals surface area contributed by atoms with E-state index >= 15 is 0 Å². The zero-order valence-corrected chi connectivity index (χ0v) is 6.83. The standard InChI is InChI=1S/C8H8N4O/c13-6-7-1-2-8(9-5-7)12-4-3-10-11-12/h1-5,13H,6H2. The normalized spacial score (nSPS) is 10.2. The smallest absolute Gasteiger partial charge is 0.155 e. The van der Waals surface area contributed by atoms with Crippen LogP contribution < -0.4 is 0 Å². The first kappa shape index (κ1) is 7.88. The van der Waals surface area contributed by atoms with Gasteiger partial charge in [-0.15, -0.1) is 5.10 Å². The van der Waals surface area contributed by atoms with Gasteiger partial charge in [0, 0.05) is 6.20 Å². The lowest BCUT2D eigenvalue weighted by molar-refractivity contribution is 0.281. The number of hydrogen-bond donors (Lipinski definition) is 1. The van der Waals surface area contributed by atoms with E-state index in [0.29, 0.717) is 5.82 Å². The van der Waals surface area contributed by atoms with Gasteiger partial charge in [-0.2, -0.15) is 0 Å². The summed E-state index contributed by atoms with van der Waals surface area (Å²) in [6.45, 7) is 0.00460. The maximum absolute atomic E-state index is 8.78. The molecule has 0 atom stereocenters. The molecule has 5 nitrogen and oxygen atoms in total. The van der Waals surface area contributed by atoms with E-state index in [1.807, 2.05) is 0 Å². The zero-order chi connectivity index (χ0) is 9.10. The van der Waals surface area contributed by atoms with Crippen LogP contribution in [0.2, 0.25) is 0 Å². The largest absolute Gasteiger partial charge is 0.392 e. The van der Waals surface area contributed by atoms with Gasteiger partial charge in [0.25, 0.3) is 0 Å². The highest BCUT2D eigenvalue weighted by atomic mass is 16.3. The number of hydrogen-bond acceptors (Lipinski definition) is 4. The van der Waals surface area contributed by atoms with E-state index in [4.69, 9.17) is 5.11 Å². The number of pyridine rings is 1. The second-order valence-corrected chi connectivity index (χ2v) is 2.53. The molecule has 1 N–H and O–H groups in total. The monoisotopic (exact) mass is 176 g/mol. The predicted octanol–water partition coefficient (Wildman–Crippen LogP) is 0.155. The molecule has 5 heteroatoms. The van der Waals surface area contributed by atoms with E-state index in [1.54, 1.807) is 35.4 Å². The summed E-state index contributed by atoms with van der Waals surface area (Å²) in [4.78, 5) is 4.09. The lowest BCUT2D eigenvalue weighted by atomic mass is 10.3. The fourth-order valence-corrected chi connectivity index (χ4v) is 0.976. The molecule has 13 heavy (non-hydrogen) atoms. The number of aromatic nitrogens is 4. The average molecular weight is 176 g/mol. The van der Waals surface area contributed by atoms with Crippen molar-refractivity contribution in [2.45, 2.75) is 6.61 Å². The Hall–Kier alpha value is -1.75. The average Bonchev–Trinajstić information content (AvgIpc) is 2.71. The SMILES string of the molecule is OCc1ccc(-n2ccnn2)nc1. The first-order valence-electron chi connectivity index (χ1n) is 3.82. The Morgan fingerprint density at radius 3 is 2.85 bits per heavy atom. The van der Waals surface area contributed by atoms with Crippen molar-refractivity contribution in [1.29, 1.82) is 0 Å². The van der Waals surface area contributed by atoms with Crippen LogP contribution in [-0.4, -0.2) is 25.1 Å². The third-order valence-corrected chi connectivity index (χ3v) is 1.65. The Balaban J connectivity index is 2.33. The minimum absolute atomic E-state index is 0.00460. The number of aliphatic hydroxyl groups is 1. The third-order valence-electron chi connectivity index (χ3n) is 1.65. The van der Waals surface area contributed by atoms with E-state index < -0.39 is 0 Å². The van der Waals surface area contributed by atoms with Gasteiger partial charge in [0.2, 0.25) is 0 Å². The molecule has 0 aromatic carbocycles. The molecule has 0 saturated heterocycles. The molecule has 2 aromatic rings. The van der Waals surface area contributed by atoms with Crippen LogP contribution in [0.15, 0.2) is 30.7 Å². The Bertz CT molecular complexity index is 368. The van der Waals surface area contributed by atoms with Crippen LogP contribution >= 0.6 is 0 Å². The molecule has 0 amide bonds. The molecular weight excluding hydrogens is 168 g/mol. The van der Waals surface area contributed by atoms with Crippen LogP contribution in [0.4, 0.5) is 0 Å². The van der Waals surface area contributed by atoms with E-state index in [-0.39, 0.29) is 6.61 Å². The van der Waals surface area contributed by atoms with Gasteiger partial charge in [-0.1, -0.05) is 11.3 Å². The molecule has 0 unspecified atom stereocenters. The topological polar surface area (TPSA) is 63.8 Å².